The molecule has 130 valence electrons. The molecule has 8 heteroatoms. The third kappa shape index (κ3) is 4.76. The molecule has 1 aliphatic rings. The average Bonchev–Trinajstić information content (AvgIpc) is 2.94. The first-order chi connectivity index (χ1) is 11.3. The number of non-ortho nitro benzene ring substituents is 1. The number of anilines is 1. The predicted molar refractivity (Wildman–Crippen MR) is 90.5 cm³/mol. The van der Waals surface area contributed by atoms with Gasteiger partial charge in [0.15, 0.2) is 0 Å². The van der Waals surface area contributed by atoms with E-state index in [2.05, 4.69) is 10.5 Å². The number of carbonyl (C=O) groups is 1. The van der Waals surface area contributed by atoms with Crippen LogP contribution in [0, 0.1) is 15.5 Å². The lowest BCUT2D eigenvalue weighted by atomic mass is 9.98. The first kappa shape index (κ1) is 17.9. The van der Waals surface area contributed by atoms with E-state index < -0.39 is 10.3 Å². The van der Waals surface area contributed by atoms with E-state index in [0.29, 0.717) is 12.2 Å². The van der Waals surface area contributed by atoms with Gasteiger partial charge in [-0.3, -0.25) is 15.5 Å². The number of benzene rings is 1. The first-order valence-electron chi connectivity index (χ1n) is 7.80. The monoisotopic (exact) mass is 334 g/mol. The van der Waals surface area contributed by atoms with E-state index in [4.69, 9.17) is 4.84 Å². The van der Waals surface area contributed by atoms with E-state index in [9.17, 15) is 14.9 Å². The lowest BCUT2D eigenvalue weighted by Gasteiger charge is -2.24. The number of nitrogens with one attached hydrogen (secondary N) is 1. The number of nitrogens with zero attached hydrogens (tertiary/aromatic N) is 3. The summed E-state index contributed by atoms with van der Waals surface area (Å²) in [4.78, 5) is 27.6. The minimum absolute atomic E-state index is 0.0283. The Hall–Kier alpha value is -2.48. The van der Waals surface area contributed by atoms with Gasteiger partial charge < -0.3 is 4.84 Å². The summed E-state index contributed by atoms with van der Waals surface area (Å²) in [5.74, 6) is -0.272. The van der Waals surface area contributed by atoms with Gasteiger partial charge in [0.25, 0.3) is 5.69 Å². The van der Waals surface area contributed by atoms with Crippen LogP contribution in [0.3, 0.4) is 0 Å². The number of hydrogen-bond acceptors (Lipinski definition) is 7. The SMILES string of the molecule is CC(C)(C)C(=O)ON1CCCC1/C=N\Nc1ccc([N+](=O)[O-])cc1. The number of hydrogen-bond donors (Lipinski definition) is 1. The molecule has 24 heavy (non-hydrogen) atoms. The maximum absolute atomic E-state index is 12.0. The molecule has 1 heterocycles. The first-order valence-corrected chi connectivity index (χ1v) is 7.80. The minimum atomic E-state index is -0.554. The van der Waals surface area contributed by atoms with Gasteiger partial charge in [-0.1, -0.05) is 0 Å². The van der Waals surface area contributed by atoms with Crippen molar-refractivity contribution in [2.45, 2.75) is 39.7 Å². The molecule has 1 aromatic rings. The molecule has 1 N–H and O–H groups in total. The minimum Gasteiger partial charge on any atom is -0.367 e. The molecule has 0 aromatic heterocycles. The summed E-state index contributed by atoms with van der Waals surface area (Å²) in [6.45, 7) is 6.11. The summed E-state index contributed by atoms with van der Waals surface area (Å²) in [5.41, 5.74) is 2.94. The summed E-state index contributed by atoms with van der Waals surface area (Å²) in [7, 11) is 0. The zero-order chi connectivity index (χ0) is 17.7. The van der Waals surface area contributed by atoms with Gasteiger partial charge in [-0.25, -0.2) is 4.79 Å². The van der Waals surface area contributed by atoms with Gasteiger partial charge in [0, 0.05) is 24.9 Å². The predicted octanol–water partition coefficient (Wildman–Crippen LogP) is 2.96. The molecule has 8 nitrogen and oxygen atoms in total. The number of nitro benzene ring substituents is 1. The van der Waals surface area contributed by atoms with Crippen LogP contribution in [0.4, 0.5) is 11.4 Å². The van der Waals surface area contributed by atoms with Crippen molar-refractivity contribution in [1.29, 1.82) is 0 Å². The Bertz CT molecular complexity index is 622. The van der Waals surface area contributed by atoms with Gasteiger partial charge in [0.1, 0.15) is 0 Å². The van der Waals surface area contributed by atoms with Gasteiger partial charge in [-0.05, 0) is 45.7 Å². The Morgan fingerprint density at radius 1 is 1.42 bits per heavy atom. The molecule has 1 aromatic carbocycles. The van der Waals surface area contributed by atoms with E-state index >= 15 is 0 Å². The Balaban J connectivity index is 1.90. The van der Waals surface area contributed by atoms with Gasteiger partial charge in [-0.2, -0.15) is 5.10 Å². The van der Waals surface area contributed by atoms with E-state index in [1.807, 2.05) is 20.8 Å². The van der Waals surface area contributed by atoms with Crippen LogP contribution in [0.5, 0.6) is 0 Å². The summed E-state index contributed by atoms with van der Waals surface area (Å²) in [5, 5.41) is 16.4. The molecule has 0 bridgehead atoms. The van der Waals surface area contributed by atoms with Crippen molar-refractivity contribution in [3.8, 4) is 0 Å². The molecule has 0 spiro atoms. The van der Waals surface area contributed by atoms with Crippen molar-refractivity contribution < 1.29 is 14.6 Å². The largest absolute Gasteiger partial charge is 0.367 e. The second-order valence-corrected chi connectivity index (χ2v) is 6.67. The van der Waals surface area contributed by atoms with Crippen molar-refractivity contribution in [1.82, 2.24) is 5.06 Å². The van der Waals surface area contributed by atoms with Crippen LogP contribution < -0.4 is 5.43 Å². The molecule has 0 radical (unpaired) electrons. The van der Waals surface area contributed by atoms with Gasteiger partial charge in [-0.15, -0.1) is 5.06 Å². The number of hydrazone groups is 1. The highest BCUT2D eigenvalue weighted by Crippen LogP contribution is 2.22. The van der Waals surface area contributed by atoms with Crippen LogP contribution in [0.2, 0.25) is 0 Å². The molecular formula is C16H22N4O4. The Labute approximate surface area is 140 Å². The van der Waals surface area contributed by atoms with Gasteiger partial charge >= 0.3 is 5.97 Å². The third-order valence-electron chi connectivity index (χ3n) is 3.58. The Kier molecular flexibility index (Phi) is 5.50. The normalized spacial score (nSPS) is 18.7. The summed E-state index contributed by atoms with van der Waals surface area (Å²) >= 11 is 0. The smallest absolute Gasteiger partial charge is 0.330 e. The standard InChI is InChI=1S/C16H22N4O4/c1-16(2,3)15(21)24-19-10-4-5-14(19)11-17-18-12-6-8-13(9-7-12)20(22)23/h6-9,11,14,18H,4-5,10H2,1-3H3/b17-11-. The Morgan fingerprint density at radius 3 is 2.67 bits per heavy atom. The van der Waals surface area contributed by atoms with Crippen LogP contribution in [0.15, 0.2) is 29.4 Å². The van der Waals surface area contributed by atoms with Crippen LogP contribution >= 0.6 is 0 Å². The van der Waals surface area contributed by atoms with Crippen molar-refractivity contribution in [3.63, 3.8) is 0 Å². The summed E-state index contributed by atoms with van der Waals surface area (Å²) in [6, 6.07) is 5.90. The number of rotatable bonds is 5. The van der Waals surface area contributed by atoms with E-state index in [1.165, 1.54) is 12.1 Å². The van der Waals surface area contributed by atoms with Gasteiger partial charge in [0.05, 0.1) is 22.1 Å². The highest BCUT2D eigenvalue weighted by molar-refractivity contribution is 5.75. The van der Waals surface area contributed by atoms with Gasteiger partial charge in [0.2, 0.25) is 0 Å². The molecule has 1 unspecified atom stereocenters. The molecule has 1 atom stereocenters. The van der Waals surface area contributed by atoms with Crippen LogP contribution in [-0.2, 0) is 9.63 Å². The van der Waals surface area contributed by atoms with Crippen molar-refractivity contribution in [3.05, 3.63) is 34.4 Å². The highest BCUT2D eigenvalue weighted by Gasteiger charge is 2.31. The number of nitro groups is 1. The van der Waals surface area contributed by atoms with Crippen LogP contribution in [0.1, 0.15) is 33.6 Å². The summed E-state index contributed by atoms with van der Waals surface area (Å²) < 4.78 is 0. The number of hydroxylamine groups is 2. The van der Waals surface area contributed by atoms with E-state index in [-0.39, 0.29) is 17.7 Å². The van der Waals surface area contributed by atoms with E-state index in [1.54, 1.807) is 23.4 Å². The van der Waals surface area contributed by atoms with E-state index in [0.717, 1.165) is 12.8 Å². The molecule has 0 amide bonds. The molecular weight excluding hydrogens is 312 g/mol. The molecule has 0 aliphatic carbocycles. The average molecular weight is 334 g/mol. The fraction of sp³-hybridized carbons (Fsp3) is 0.500. The zero-order valence-corrected chi connectivity index (χ0v) is 14.1. The highest BCUT2D eigenvalue weighted by atomic mass is 16.7. The Morgan fingerprint density at radius 2 is 2.08 bits per heavy atom. The molecule has 1 fully saturated rings. The molecule has 1 saturated heterocycles. The third-order valence-corrected chi connectivity index (χ3v) is 3.58. The lowest BCUT2D eigenvalue weighted by Crippen LogP contribution is -2.37. The van der Waals surface area contributed by atoms with Crippen LogP contribution in [-0.4, -0.2) is 34.8 Å². The second kappa shape index (κ2) is 7.39. The number of carbonyl (C=O) groups excluding carboxylic acids is 1. The van der Waals surface area contributed by atoms with Crippen molar-refractivity contribution in [2.75, 3.05) is 12.0 Å². The summed E-state index contributed by atoms with van der Waals surface area (Å²) in [6.07, 6.45) is 3.46. The topological polar surface area (TPSA) is 97.1 Å². The maximum Gasteiger partial charge on any atom is 0.330 e. The molecule has 2 rings (SSSR count). The molecule has 1 aliphatic heterocycles. The van der Waals surface area contributed by atoms with Crippen LogP contribution in [0.25, 0.3) is 0 Å². The fourth-order valence-corrected chi connectivity index (χ4v) is 2.13. The van der Waals surface area contributed by atoms with Crippen molar-refractivity contribution in [2.24, 2.45) is 10.5 Å². The lowest BCUT2D eigenvalue weighted by molar-refractivity contribution is -0.384. The van der Waals surface area contributed by atoms with Crippen molar-refractivity contribution >= 4 is 23.6 Å². The molecule has 0 saturated carbocycles. The quantitative estimate of drug-likeness (QED) is 0.505. The second-order valence-electron chi connectivity index (χ2n) is 6.67. The fourth-order valence-electron chi connectivity index (χ4n) is 2.13. The maximum atomic E-state index is 12.0. The zero-order valence-electron chi connectivity index (χ0n) is 14.1.